The third-order valence-electron chi connectivity index (χ3n) is 4.74. The lowest BCUT2D eigenvalue weighted by Gasteiger charge is -2.12. The summed E-state index contributed by atoms with van der Waals surface area (Å²) in [5.41, 5.74) is 2.14. The van der Waals surface area contributed by atoms with Crippen LogP contribution in [0.5, 0.6) is 0 Å². The highest BCUT2D eigenvalue weighted by Gasteiger charge is 2.18. The van der Waals surface area contributed by atoms with Gasteiger partial charge in [-0.2, -0.15) is 10.2 Å². The van der Waals surface area contributed by atoms with Gasteiger partial charge in [0.05, 0.1) is 23.0 Å². The zero-order valence-electron chi connectivity index (χ0n) is 16.8. The van der Waals surface area contributed by atoms with Crippen molar-refractivity contribution in [2.24, 2.45) is 13.0 Å². The molecule has 4 rings (SSSR count). The molecule has 3 aromatic heterocycles. The van der Waals surface area contributed by atoms with Gasteiger partial charge in [-0.1, -0.05) is 32.0 Å². The second-order valence-corrected chi connectivity index (χ2v) is 7.53. The van der Waals surface area contributed by atoms with Gasteiger partial charge in [-0.15, -0.1) is 0 Å². The smallest absolute Gasteiger partial charge is 0.276 e. The topological polar surface area (TPSA) is 94.7 Å². The molecule has 0 aliphatic heterocycles. The van der Waals surface area contributed by atoms with Crippen molar-refractivity contribution < 1.29 is 4.79 Å². The molecule has 0 radical (unpaired) electrons. The lowest BCUT2D eigenvalue weighted by Crippen LogP contribution is -2.29. The molecule has 4 aromatic rings. The molecule has 0 aliphatic rings. The average molecular weight is 390 g/mol. The summed E-state index contributed by atoms with van der Waals surface area (Å²) in [6, 6.07) is 8.88. The number of hydrogen-bond donors (Lipinski definition) is 1. The van der Waals surface area contributed by atoms with Gasteiger partial charge in [0, 0.05) is 24.4 Å². The monoisotopic (exact) mass is 390 g/mol. The van der Waals surface area contributed by atoms with Crippen molar-refractivity contribution >= 4 is 33.4 Å². The third-order valence-corrected chi connectivity index (χ3v) is 4.74. The lowest BCUT2D eigenvalue weighted by molar-refractivity contribution is 0.102. The summed E-state index contributed by atoms with van der Waals surface area (Å²) < 4.78 is 3.07. The van der Waals surface area contributed by atoms with Crippen LogP contribution in [0.1, 0.15) is 30.0 Å². The summed E-state index contributed by atoms with van der Waals surface area (Å²) in [5, 5.41) is 13.5. The zero-order valence-corrected chi connectivity index (χ0v) is 16.8. The van der Waals surface area contributed by atoms with Gasteiger partial charge in [-0.3, -0.25) is 14.3 Å². The van der Waals surface area contributed by atoms with E-state index in [1.54, 1.807) is 35.1 Å². The van der Waals surface area contributed by atoms with Crippen molar-refractivity contribution in [2.45, 2.75) is 27.3 Å². The number of nitrogens with one attached hydrogen (secondary N) is 1. The molecule has 0 saturated heterocycles. The molecule has 1 amide bonds. The van der Waals surface area contributed by atoms with Crippen LogP contribution < -0.4 is 10.9 Å². The number of carbonyl (C=O) groups is 1. The lowest BCUT2D eigenvalue weighted by atomic mass is 10.1. The Hall–Kier alpha value is -3.55. The molecular weight excluding hydrogens is 368 g/mol. The summed E-state index contributed by atoms with van der Waals surface area (Å²) >= 11 is 0. The predicted octanol–water partition coefficient (Wildman–Crippen LogP) is 2.89. The molecule has 8 nitrogen and oxygen atoms in total. The van der Waals surface area contributed by atoms with Crippen LogP contribution in [0.3, 0.4) is 0 Å². The van der Waals surface area contributed by atoms with Gasteiger partial charge in [0.2, 0.25) is 0 Å². The molecular formula is C21H22N6O2. The Morgan fingerprint density at radius 1 is 1.14 bits per heavy atom. The van der Waals surface area contributed by atoms with E-state index in [4.69, 9.17) is 0 Å². The summed E-state index contributed by atoms with van der Waals surface area (Å²) in [5.74, 6) is -0.168. The van der Waals surface area contributed by atoms with Crippen molar-refractivity contribution in [1.29, 1.82) is 0 Å². The number of anilines is 1. The fraction of sp³-hybridized carbons (Fsp3) is 0.286. The highest BCUT2D eigenvalue weighted by atomic mass is 16.2. The van der Waals surface area contributed by atoms with Crippen LogP contribution in [0.15, 0.2) is 41.3 Å². The first-order valence-electron chi connectivity index (χ1n) is 9.45. The van der Waals surface area contributed by atoms with Crippen LogP contribution in [0.2, 0.25) is 0 Å². The summed E-state index contributed by atoms with van der Waals surface area (Å²) in [6.45, 7) is 6.33. The third kappa shape index (κ3) is 3.37. The first kappa shape index (κ1) is 18.8. The number of amides is 1. The molecule has 0 spiro atoms. The van der Waals surface area contributed by atoms with E-state index >= 15 is 0 Å². The van der Waals surface area contributed by atoms with Crippen LogP contribution in [-0.4, -0.2) is 30.5 Å². The molecule has 1 aromatic carbocycles. The molecule has 0 aliphatic carbocycles. The Kier molecular flexibility index (Phi) is 4.62. The predicted molar refractivity (Wildman–Crippen MR) is 112 cm³/mol. The van der Waals surface area contributed by atoms with Gasteiger partial charge in [-0.25, -0.2) is 9.67 Å². The van der Waals surface area contributed by atoms with E-state index in [2.05, 4.69) is 20.5 Å². The van der Waals surface area contributed by atoms with Crippen molar-refractivity contribution in [3.8, 4) is 0 Å². The Morgan fingerprint density at radius 3 is 2.59 bits per heavy atom. The maximum absolute atomic E-state index is 13.1. The first-order chi connectivity index (χ1) is 13.8. The normalized spacial score (nSPS) is 11.5. The second kappa shape index (κ2) is 7.12. The highest BCUT2D eigenvalue weighted by molar-refractivity contribution is 6.11. The van der Waals surface area contributed by atoms with Crippen LogP contribution >= 0.6 is 0 Å². The minimum absolute atomic E-state index is 0.195. The Balaban J connectivity index is 1.78. The quantitative estimate of drug-likeness (QED) is 0.578. The van der Waals surface area contributed by atoms with Crippen LogP contribution in [0.4, 0.5) is 5.69 Å². The summed E-state index contributed by atoms with van der Waals surface area (Å²) in [6.07, 6.45) is 1.59. The Labute approximate surface area is 167 Å². The van der Waals surface area contributed by atoms with Gasteiger partial charge in [0.25, 0.3) is 11.5 Å². The molecule has 8 heteroatoms. The van der Waals surface area contributed by atoms with Crippen molar-refractivity contribution in [1.82, 2.24) is 24.5 Å². The maximum atomic E-state index is 13.1. The maximum Gasteiger partial charge on any atom is 0.276 e. The van der Waals surface area contributed by atoms with Crippen LogP contribution in [-0.2, 0) is 13.6 Å². The van der Waals surface area contributed by atoms with E-state index < -0.39 is 0 Å². The second-order valence-electron chi connectivity index (χ2n) is 7.53. The van der Waals surface area contributed by atoms with E-state index in [1.807, 2.05) is 33.9 Å². The fourth-order valence-corrected chi connectivity index (χ4v) is 3.44. The molecule has 0 bridgehead atoms. The largest absolute Gasteiger partial charge is 0.319 e. The number of rotatable bonds is 4. The minimum atomic E-state index is -0.388. The Bertz CT molecular complexity index is 1300. The number of aryl methyl sites for hydroxylation is 2. The van der Waals surface area contributed by atoms with E-state index in [0.29, 0.717) is 23.0 Å². The molecule has 0 saturated carbocycles. The van der Waals surface area contributed by atoms with Gasteiger partial charge in [0.1, 0.15) is 0 Å². The van der Waals surface area contributed by atoms with E-state index in [0.717, 1.165) is 16.7 Å². The van der Waals surface area contributed by atoms with Gasteiger partial charge in [-0.05, 0) is 25.0 Å². The molecule has 0 fully saturated rings. The minimum Gasteiger partial charge on any atom is -0.319 e. The summed E-state index contributed by atoms with van der Waals surface area (Å²) in [7, 11) is 1.83. The van der Waals surface area contributed by atoms with Crippen molar-refractivity contribution in [3.63, 3.8) is 0 Å². The molecule has 0 unspecified atom stereocenters. The standard InChI is InChI=1S/C21H22N6O2/c1-12(2)11-27-21(29)16-8-6-5-7-15(16)18(25-27)20(28)23-14-9-17-13(3)24-26(4)19(17)22-10-14/h5-10,12H,11H2,1-4H3,(H,23,28). The van der Waals surface area contributed by atoms with E-state index in [-0.39, 0.29) is 23.1 Å². The molecule has 148 valence electrons. The fourth-order valence-electron chi connectivity index (χ4n) is 3.44. The number of nitrogens with zero attached hydrogens (tertiary/aromatic N) is 5. The summed E-state index contributed by atoms with van der Waals surface area (Å²) in [4.78, 5) is 30.2. The van der Waals surface area contributed by atoms with E-state index in [9.17, 15) is 9.59 Å². The number of hydrogen-bond acceptors (Lipinski definition) is 5. The average Bonchev–Trinajstić information content (AvgIpc) is 2.97. The number of benzene rings is 1. The van der Waals surface area contributed by atoms with Crippen LogP contribution in [0, 0.1) is 12.8 Å². The number of carbonyl (C=O) groups excluding carboxylic acids is 1. The SMILES string of the molecule is Cc1nn(C)c2ncc(NC(=O)c3nn(CC(C)C)c(=O)c4ccccc34)cc12. The van der Waals surface area contributed by atoms with Crippen molar-refractivity contribution in [3.05, 3.63) is 58.3 Å². The van der Waals surface area contributed by atoms with Gasteiger partial charge < -0.3 is 5.32 Å². The van der Waals surface area contributed by atoms with Gasteiger partial charge >= 0.3 is 0 Å². The first-order valence-corrected chi connectivity index (χ1v) is 9.45. The molecule has 0 atom stereocenters. The molecule has 29 heavy (non-hydrogen) atoms. The number of aromatic nitrogens is 5. The van der Waals surface area contributed by atoms with Gasteiger partial charge in [0.15, 0.2) is 11.3 Å². The highest BCUT2D eigenvalue weighted by Crippen LogP contribution is 2.21. The zero-order chi connectivity index (χ0) is 20.7. The number of fused-ring (bicyclic) bond motifs is 2. The molecule has 3 heterocycles. The number of pyridine rings is 1. The Morgan fingerprint density at radius 2 is 1.86 bits per heavy atom. The molecule has 1 N–H and O–H groups in total. The van der Waals surface area contributed by atoms with E-state index in [1.165, 1.54) is 4.68 Å². The van der Waals surface area contributed by atoms with Crippen LogP contribution in [0.25, 0.3) is 21.8 Å². The van der Waals surface area contributed by atoms with Crippen molar-refractivity contribution in [2.75, 3.05) is 5.32 Å².